The second-order valence-electron chi connectivity index (χ2n) is 5.49. The van der Waals surface area contributed by atoms with Crippen LogP contribution in [0.1, 0.15) is 36.4 Å². The average molecular weight is 348 g/mol. The van der Waals surface area contributed by atoms with E-state index in [2.05, 4.69) is 18.4 Å². The van der Waals surface area contributed by atoms with Gasteiger partial charge >= 0.3 is 0 Å². The Bertz CT molecular complexity index is 625. The van der Waals surface area contributed by atoms with Crippen molar-refractivity contribution in [2.45, 2.75) is 31.6 Å². The molecule has 1 aromatic carbocycles. The van der Waals surface area contributed by atoms with Gasteiger partial charge in [0.15, 0.2) is 0 Å². The molecule has 0 spiro atoms. The van der Waals surface area contributed by atoms with Gasteiger partial charge < -0.3 is 4.74 Å². The highest BCUT2D eigenvalue weighted by molar-refractivity contribution is 8.01. The van der Waals surface area contributed by atoms with Crippen molar-refractivity contribution in [2.24, 2.45) is 0 Å². The van der Waals surface area contributed by atoms with E-state index in [-0.39, 0.29) is 11.3 Å². The first-order valence-corrected chi connectivity index (χ1v) is 9.92. The van der Waals surface area contributed by atoms with E-state index in [1.165, 1.54) is 17.7 Å². The molecule has 1 amide bonds. The second kappa shape index (κ2) is 7.88. The van der Waals surface area contributed by atoms with Crippen LogP contribution in [0.4, 0.5) is 5.69 Å². The van der Waals surface area contributed by atoms with Crippen molar-refractivity contribution < 1.29 is 9.53 Å². The molecule has 2 heterocycles. The molecule has 0 N–H and O–H groups in total. The first kappa shape index (κ1) is 16.4. The molecule has 1 atom stereocenters. The maximum atomic E-state index is 12.3. The monoisotopic (exact) mass is 347 g/mol. The minimum Gasteiger partial charge on any atom is -0.494 e. The molecule has 0 aliphatic carbocycles. The number of rotatable bonds is 7. The molecule has 3 rings (SSSR count). The zero-order valence-electron chi connectivity index (χ0n) is 13.2. The van der Waals surface area contributed by atoms with Gasteiger partial charge in [-0.1, -0.05) is 25.8 Å². The van der Waals surface area contributed by atoms with Gasteiger partial charge in [-0.15, -0.1) is 23.1 Å². The summed E-state index contributed by atoms with van der Waals surface area (Å²) in [6.45, 7) is 2.94. The molecule has 3 nitrogen and oxygen atoms in total. The smallest absolute Gasteiger partial charge is 0.238 e. The quantitative estimate of drug-likeness (QED) is 0.653. The SMILES string of the molecule is CCCCCOc1ccc(N2C(=O)CSC2c2cccs2)cc1. The maximum Gasteiger partial charge on any atom is 0.238 e. The molecule has 0 saturated carbocycles. The molecule has 122 valence electrons. The van der Waals surface area contributed by atoms with Crippen LogP contribution >= 0.6 is 23.1 Å². The number of carbonyl (C=O) groups excluding carboxylic acids is 1. The highest BCUT2D eigenvalue weighted by Gasteiger charge is 2.34. The van der Waals surface area contributed by atoms with Crippen molar-refractivity contribution in [3.05, 3.63) is 46.7 Å². The number of hydrogen-bond acceptors (Lipinski definition) is 4. The van der Waals surface area contributed by atoms with Gasteiger partial charge in [0.2, 0.25) is 5.91 Å². The lowest BCUT2D eigenvalue weighted by Gasteiger charge is -2.23. The third kappa shape index (κ3) is 3.90. The number of carbonyl (C=O) groups is 1. The fourth-order valence-corrected chi connectivity index (χ4v) is 4.73. The molecule has 1 aliphatic heterocycles. The van der Waals surface area contributed by atoms with E-state index in [4.69, 9.17) is 4.74 Å². The van der Waals surface area contributed by atoms with Crippen LogP contribution < -0.4 is 9.64 Å². The van der Waals surface area contributed by atoms with E-state index < -0.39 is 0 Å². The number of benzene rings is 1. The van der Waals surface area contributed by atoms with Crippen molar-refractivity contribution in [3.8, 4) is 5.75 Å². The number of anilines is 1. The minimum atomic E-state index is 0.0961. The molecule has 1 aliphatic rings. The Morgan fingerprint density at radius 1 is 1.22 bits per heavy atom. The Morgan fingerprint density at radius 2 is 2.04 bits per heavy atom. The first-order valence-electron chi connectivity index (χ1n) is 7.99. The van der Waals surface area contributed by atoms with Gasteiger partial charge in [-0.25, -0.2) is 0 Å². The molecule has 1 fully saturated rings. The molecule has 1 unspecified atom stereocenters. The summed E-state index contributed by atoms with van der Waals surface area (Å²) in [5.74, 6) is 1.58. The van der Waals surface area contributed by atoms with E-state index >= 15 is 0 Å². The highest BCUT2D eigenvalue weighted by Crippen LogP contribution is 2.43. The molecule has 0 bridgehead atoms. The third-order valence-corrected chi connectivity index (χ3v) is 6.05. The minimum absolute atomic E-state index is 0.0961. The number of ether oxygens (including phenoxy) is 1. The van der Waals surface area contributed by atoms with Crippen molar-refractivity contribution in [3.63, 3.8) is 0 Å². The van der Waals surface area contributed by atoms with Crippen LogP contribution in [0.5, 0.6) is 5.75 Å². The standard InChI is InChI=1S/C18H21NO2S2/c1-2-3-4-11-21-15-9-7-14(8-10-15)19-17(20)13-23-18(19)16-6-5-12-22-16/h5-10,12,18H,2-4,11,13H2,1H3. The van der Waals surface area contributed by atoms with E-state index in [0.717, 1.165) is 24.5 Å². The summed E-state index contributed by atoms with van der Waals surface area (Å²) < 4.78 is 5.75. The summed E-state index contributed by atoms with van der Waals surface area (Å²) >= 11 is 3.39. The third-order valence-electron chi connectivity index (χ3n) is 3.79. The lowest BCUT2D eigenvalue weighted by atomic mass is 10.2. The van der Waals surface area contributed by atoms with Crippen molar-refractivity contribution in [2.75, 3.05) is 17.3 Å². The Morgan fingerprint density at radius 3 is 2.74 bits per heavy atom. The number of thiophene rings is 1. The van der Waals surface area contributed by atoms with Gasteiger partial charge in [0.05, 0.1) is 12.4 Å². The molecular weight excluding hydrogens is 326 g/mol. The predicted octanol–water partition coefficient (Wildman–Crippen LogP) is 5.10. The lowest BCUT2D eigenvalue weighted by molar-refractivity contribution is -0.115. The van der Waals surface area contributed by atoms with E-state index in [0.29, 0.717) is 5.75 Å². The van der Waals surface area contributed by atoms with Crippen LogP contribution in [0.25, 0.3) is 0 Å². The molecule has 1 saturated heterocycles. The maximum absolute atomic E-state index is 12.3. The average Bonchev–Trinajstić information content (AvgIpc) is 3.22. The van der Waals surface area contributed by atoms with Crippen molar-refractivity contribution >= 4 is 34.7 Å². The fourth-order valence-electron chi connectivity index (χ4n) is 2.59. The van der Waals surface area contributed by atoms with E-state index in [1.54, 1.807) is 23.1 Å². The predicted molar refractivity (Wildman–Crippen MR) is 98.5 cm³/mol. The Hall–Kier alpha value is -1.46. The summed E-state index contributed by atoms with van der Waals surface area (Å²) in [6, 6.07) is 12.0. The fraction of sp³-hybridized carbons (Fsp3) is 0.389. The van der Waals surface area contributed by atoms with Crippen LogP contribution in [-0.2, 0) is 4.79 Å². The Kier molecular flexibility index (Phi) is 5.62. The van der Waals surface area contributed by atoms with Crippen LogP contribution in [0.2, 0.25) is 0 Å². The molecule has 1 aromatic heterocycles. The van der Waals surface area contributed by atoms with Crippen molar-refractivity contribution in [1.82, 2.24) is 0 Å². The number of nitrogens with zero attached hydrogens (tertiary/aromatic N) is 1. The Labute approximate surface area is 145 Å². The van der Waals surface area contributed by atoms with Gasteiger partial charge in [-0.2, -0.15) is 0 Å². The van der Waals surface area contributed by atoms with Crippen molar-refractivity contribution in [1.29, 1.82) is 0 Å². The number of thioether (sulfide) groups is 1. The Balaban J connectivity index is 1.69. The summed E-state index contributed by atoms with van der Waals surface area (Å²) in [6.07, 6.45) is 3.47. The van der Waals surface area contributed by atoms with Crippen LogP contribution in [0.3, 0.4) is 0 Å². The van der Waals surface area contributed by atoms with E-state index in [9.17, 15) is 4.79 Å². The van der Waals surface area contributed by atoms with Crippen LogP contribution in [0.15, 0.2) is 41.8 Å². The molecule has 5 heteroatoms. The zero-order valence-corrected chi connectivity index (χ0v) is 14.9. The zero-order chi connectivity index (χ0) is 16.1. The largest absolute Gasteiger partial charge is 0.494 e. The normalized spacial score (nSPS) is 17.7. The summed E-state index contributed by atoms with van der Waals surface area (Å²) in [5, 5.41) is 2.16. The summed E-state index contributed by atoms with van der Waals surface area (Å²) in [5.41, 5.74) is 0.944. The summed E-state index contributed by atoms with van der Waals surface area (Å²) in [7, 11) is 0. The number of hydrogen-bond donors (Lipinski definition) is 0. The molecular formula is C18H21NO2S2. The molecule has 0 radical (unpaired) electrons. The lowest BCUT2D eigenvalue weighted by Crippen LogP contribution is -2.27. The van der Waals surface area contributed by atoms with E-state index in [1.807, 2.05) is 35.2 Å². The number of amides is 1. The highest BCUT2D eigenvalue weighted by atomic mass is 32.2. The van der Waals surface area contributed by atoms with Gasteiger partial charge in [0.25, 0.3) is 0 Å². The molecule has 23 heavy (non-hydrogen) atoms. The topological polar surface area (TPSA) is 29.5 Å². The second-order valence-corrected chi connectivity index (χ2v) is 7.54. The van der Waals surface area contributed by atoms with Gasteiger partial charge in [-0.3, -0.25) is 9.69 Å². The first-order chi connectivity index (χ1) is 11.3. The van der Waals surface area contributed by atoms with Crippen LogP contribution in [0, 0.1) is 0 Å². The number of unbranched alkanes of at least 4 members (excludes halogenated alkanes) is 2. The summed E-state index contributed by atoms with van der Waals surface area (Å²) in [4.78, 5) is 15.4. The van der Waals surface area contributed by atoms with Crippen LogP contribution in [-0.4, -0.2) is 18.3 Å². The van der Waals surface area contributed by atoms with Gasteiger partial charge in [0.1, 0.15) is 11.1 Å². The molecule has 2 aromatic rings. The van der Waals surface area contributed by atoms with Gasteiger partial charge in [-0.05, 0) is 42.1 Å². The van der Waals surface area contributed by atoms with Gasteiger partial charge in [0, 0.05) is 10.6 Å².